The predicted octanol–water partition coefficient (Wildman–Crippen LogP) is 3.22. The maximum Gasteiger partial charge on any atom is 0.267 e. The number of rotatable bonds is 4. The Morgan fingerprint density at radius 2 is 1.86 bits per heavy atom. The van der Waals surface area contributed by atoms with Crippen molar-refractivity contribution in [2.45, 2.75) is 49.7 Å². The Kier molecular flexibility index (Phi) is 5.15. The third kappa shape index (κ3) is 3.00. The Morgan fingerprint density at radius 1 is 1.24 bits per heavy atom. The van der Waals surface area contributed by atoms with Crippen molar-refractivity contribution < 1.29 is 18.3 Å². The number of carbonyl (C=O) groups excluding carboxylic acids is 1. The monoisotopic (exact) mass is 427 g/mol. The molecule has 5 nitrogen and oxygen atoms in total. The maximum absolute atomic E-state index is 13.6. The first kappa shape index (κ1) is 20.9. The number of halogens is 3. The Balaban J connectivity index is 0.00000205. The summed E-state index contributed by atoms with van der Waals surface area (Å²) in [7, 11) is 1.75. The van der Waals surface area contributed by atoms with Gasteiger partial charge >= 0.3 is 0 Å². The standard InChI is InChI=1S/C21H27F2N3O2.ClH/c1-28-20(12-5-6-25-18(7-12)19(24)27)13-3-2-4-14(20)11-26(10-13)15-8-16-17(9-15)21(16,22)23;/h5-7,13-17H,2-4,8-11H2,1H3,(H2,24,27);1H/t13?,14?,15?,16-,17?,20?;/m0./s1. The summed E-state index contributed by atoms with van der Waals surface area (Å²) in [6.07, 6.45) is 6.09. The molecule has 4 fully saturated rings. The number of hydrogen-bond donors (Lipinski definition) is 1. The number of methoxy groups -OCH3 is 1. The molecular formula is C21H28ClF2N3O2. The van der Waals surface area contributed by atoms with Gasteiger partial charge in [-0.25, -0.2) is 8.78 Å². The third-order valence-electron chi connectivity index (χ3n) is 7.96. The number of alkyl halides is 2. The van der Waals surface area contributed by atoms with Gasteiger partial charge in [0.25, 0.3) is 11.8 Å². The zero-order valence-corrected chi connectivity index (χ0v) is 17.3. The number of nitrogens with two attached hydrogens (primary N) is 1. The summed E-state index contributed by atoms with van der Waals surface area (Å²) in [6.45, 7) is 1.71. The molecule has 0 aromatic carbocycles. The van der Waals surface area contributed by atoms with Crippen molar-refractivity contribution in [3.8, 4) is 0 Å². The fraction of sp³-hybridized carbons (Fsp3) is 0.714. The largest absolute Gasteiger partial charge is 0.373 e. The summed E-state index contributed by atoms with van der Waals surface area (Å²) in [6, 6.07) is 3.98. The molecule has 2 bridgehead atoms. The van der Waals surface area contributed by atoms with Gasteiger partial charge < -0.3 is 10.5 Å². The highest BCUT2D eigenvalue weighted by molar-refractivity contribution is 5.90. The van der Waals surface area contributed by atoms with Crippen LogP contribution in [0.5, 0.6) is 0 Å². The summed E-state index contributed by atoms with van der Waals surface area (Å²) in [5.41, 5.74) is 6.20. The smallest absolute Gasteiger partial charge is 0.267 e. The van der Waals surface area contributed by atoms with Crippen LogP contribution < -0.4 is 5.73 Å². The minimum atomic E-state index is -2.42. The van der Waals surface area contributed by atoms with Crippen LogP contribution in [0.2, 0.25) is 0 Å². The number of hydrogen-bond acceptors (Lipinski definition) is 4. The molecule has 4 aliphatic rings. The molecular weight excluding hydrogens is 400 g/mol. The zero-order valence-electron chi connectivity index (χ0n) is 16.5. The fourth-order valence-electron chi connectivity index (χ4n) is 6.58. The number of ether oxygens (including phenoxy) is 1. The van der Waals surface area contributed by atoms with E-state index in [9.17, 15) is 13.6 Å². The van der Waals surface area contributed by atoms with Gasteiger partial charge in [0.2, 0.25) is 0 Å². The van der Waals surface area contributed by atoms with Crippen molar-refractivity contribution in [3.05, 3.63) is 29.6 Å². The van der Waals surface area contributed by atoms with Crippen LogP contribution in [0, 0.1) is 23.7 Å². The van der Waals surface area contributed by atoms with Crippen LogP contribution in [0.25, 0.3) is 0 Å². The second kappa shape index (κ2) is 7.13. The van der Waals surface area contributed by atoms with Gasteiger partial charge in [-0.1, -0.05) is 6.42 Å². The maximum atomic E-state index is 13.6. The average Bonchev–Trinajstić information content (AvgIpc) is 3.01. The molecule has 0 radical (unpaired) electrons. The number of amides is 1. The highest BCUT2D eigenvalue weighted by atomic mass is 35.5. The van der Waals surface area contributed by atoms with E-state index in [1.165, 1.54) is 0 Å². The molecule has 0 spiro atoms. The van der Waals surface area contributed by atoms with Crippen LogP contribution in [-0.4, -0.2) is 48.0 Å². The SMILES string of the molecule is COC1(c2ccnc(C(N)=O)c2)C2CCCC1CN(C1CC3[C@H](C1)C3(F)F)C2.Cl. The second-order valence-electron chi connectivity index (χ2n) is 9.08. The molecule has 2 heterocycles. The lowest BCUT2D eigenvalue weighted by Gasteiger charge is -2.56. The van der Waals surface area contributed by atoms with Gasteiger partial charge in [0, 0.05) is 56.1 Å². The quantitative estimate of drug-likeness (QED) is 0.801. The molecule has 1 amide bonds. The topological polar surface area (TPSA) is 68.5 Å². The molecule has 160 valence electrons. The van der Waals surface area contributed by atoms with Crippen LogP contribution >= 0.6 is 12.4 Å². The Morgan fingerprint density at radius 3 is 2.41 bits per heavy atom. The number of likely N-dealkylation sites (tertiary alicyclic amines) is 1. The van der Waals surface area contributed by atoms with Gasteiger partial charge in [0.05, 0.1) is 0 Å². The van der Waals surface area contributed by atoms with E-state index >= 15 is 0 Å². The first-order chi connectivity index (χ1) is 13.4. The minimum absolute atomic E-state index is 0. The summed E-state index contributed by atoms with van der Waals surface area (Å²) >= 11 is 0. The third-order valence-corrected chi connectivity index (χ3v) is 7.96. The molecule has 1 aromatic heterocycles. The minimum Gasteiger partial charge on any atom is -0.373 e. The van der Waals surface area contributed by atoms with Gasteiger partial charge in [-0.05, 0) is 43.4 Å². The lowest BCUT2D eigenvalue weighted by molar-refractivity contribution is -0.175. The van der Waals surface area contributed by atoms with Crippen LogP contribution in [0.15, 0.2) is 18.3 Å². The lowest BCUT2D eigenvalue weighted by Crippen LogP contribution is -2.60. The number of carbonyl (C=O) groups is 1. The molecule has 5 atom stereocenters. The molecule has 2 N–H and O–H groups in total. The lowest BCUT2D eigenvalue weighted by atomic mass is 9.62. The van der Waals surface area contributed by atoms with E-state index in [1.807, 2.05) is 6.07 Å². The summed E-state index contributed by atoms with van der Waals surface area (Å²) in [4.78, 5) is 18.2. The Labute approximate surface area is 175 Å². The number of aromatic nitrogens is 1. The van der Waals surface area contributed by atoms with Crippen molar-refractivity contribution in [1.29, 1.82) is 0 Å². The van der Waals surface area contributed by atoms with Crippen LogP contribution in [0.1, 0.15) is 48.2 Å². The van der Waals surface area contributed by atoms with Gasteiger partial charge in [-0.2, -0.15) is 0 Å². The van der Waals surface area contributed by atoms with Gasteiger partial charge in [0.15, 0.2) is 0 Å². The van der Waals surface area contributed by atoms with E-state index in [2.05, 4.69) is 9.88 Å². The van der Waals surface area contributed by atoms with Crippen molar-refractivity contribution in [2.24, 2.45) is 29.4 Å². The number of primary amides is 1. The normalized spacial score (nSPS) is 40.0. The number of pyridine rings is 1. The van der Waals surface area contributed by atoms with Crippen LogP contribution in [0.4, 0.5) is 8.78 Å². The van der Waals surface area contributed by atoms with Crippen molar-refractivity contribution >= 4 is 18.3 Å². The summed E-state index contributed by atoms with van der Waals surface area (Å²) in [5, 5.41) is 0. The van der Waals surface area contributed by atoms with Gasteiger partial charge in [-0.15, -0.1) is 12.4 Å². The predicted molar refractivity (Wildman–Crippen MR) is 106 cm³/mol. The van der Waals surface area contributed by atoms with E-state index < -0.39 is 29.3 Å². The highest BCUT2D eigenvalue weighted by Crippen LogP contribution is 2.65. The van der Waals surface area contributed by atoms with Crippen LogP contribution in [-0.2, 0) is 10.3 Å². The highest BCUT2D eigenvalue weighted by Gasteiger charge is 2.72. The fourth-order valence-corrected chi connectivity index (χ4v) is 6.58. The Bertz CT molecular complexity index is 780. The van der Waals surface area contributed by atoms with Gasteiger partial charge in [0.1, 0.15) is 11.3 Å². The van der Waals surface area contributed by atoms with Crippen LogP contribution in [0.3, 0.4) is 0 Å². The molecule has 5 rings (SSSR count). The summed E-state index contributed by atoms with van der Waals surface area (Å²) < 4.78 is 33.5. The first-order valence-electron chi connectivity index (χ1n) is 10.3. The molecule has 3 saturated carbocycles. The molecule has 3 aliphatic carbocycles. The molecule has 1 aliphatic heterocycles. The second-order valence-corrected chi connectivity index (χ2v) is 9.08. The Hall–Kier alpha value is -1.31. The van der Waals surface area contributed by atoms with Crippen molar-refractivity contribution in [1.82, 2.24) is 9.88 Å². The number of piperidine rings is 1. The molecule has 29 heavy (non-hydrogen) atoms. The summed E-state index contributed by atoms with van der Waals surface area (Å²) in [5.74, 6) is -3.21. The van der Waals surface area contributed by atoms with E-state index in [4.69, 9.17) is 10.5 Å². The van der Waals surface area contributed by atoms with E-state index in [0.717, 1.165) is 37.9 Å². The van der Waals surface area contributed by atoms with Gasteiger partial charge in [-0.3, -0.25) is 14.7 Å². The molecule has 4 unspecified atom stereocenters. The van der Waals surface area contributed by atoms with E-state index in [0.29, 0.717) is 12.8 Å². The molecule has 8 heteroatoms. The molecule has 1 saturated heterocycles. The molecule has 1 aromatic rings. The number of fused-ring (bicyclic) bond motifs is 3. The van der Waals surface area contributed by atoms with Crippen molar-refractivity contribution in [2.75, 3.05) is 20.2 Å². The van der Waals surface area contributed by atoms with E-state index in [-0.39, 0.29) is 36.0 Å². The number of nitrogens with zero attached hydrogens (tertiary/aromatic N) is 2. The van der Waals surface area contributed by atoms with Crippen molar-refractivity contribution in [3.63, 3.8) is 0 Å². The zero-order chi connectivity index (χ0) is 19.7. The first-order valence-corrected chi connectivity index (χ1v) is 10.3. The van der Waals surface area contributed by atoms with E-state index in [1.54, 1.807) is 19.4 Å². The average molecular weight is 428 g/mol.